The highest BCUT2D eigenvalue weighted by atomic mass is 79.9. The first-order valence-corrected chi connectivity index (χ1v) is 7.71. The summed E-state index contributed by atoms with van der Waals surface area (Å²) in [5, 5.41) is 13.2. The van der Waals surface area contributed by atoms with Gasteiger partial charge in [0.2, 0.25) is 0 Å². The van der Waals surface area contributed by atoms with Gasteiger partial charge in [-0.2, -0.15) is 0 Å². The molecular weight excluding hydrogens is 380 g/mol. The first-order valence-electron chi connectivity index (χ1n) is 6.16. The molecule has 0 fully saturated rings. The zero-order valence-electron chi connectivity index (χ0n) is 11.1. The molecule has 0 saturated heterocycles. The van der Waals surface area contributed by atoms with Crippen LogP contribution in [0.25, 0.3) is 0 Å². The Morgan fingerprint density at radius 3 is 2.52 bits per heavy atom. The van der Waals surface area contributed by atoms with Gasteiger partial charge in [-0.3, -0.25) is 0 Å². The van der Waals surface area contributed by atoms with Crippen LogP contribution in [0, 0.1) is 5.82 Å². The molecule has 6 heteroatoms. The number of hydrogen-bond donors (Lipinski definition) is 2. The second kappa shape index (κ2) is 6.53. The van der Waals surface area contributed by atoms with E-state index in [1.54, 1.807) is 6.92 Å². The van der Waals surface area contributed by atoms with Gasteiger partial charge in [-0.1, -0.05) is 35.3 Å². The molecule has 2 rings (SSSR count). The van der Waals surface area contributed by atoms with Gasteiger partial charge in [0.25, 0.3) is 0 Å². The van der Waals surface area contributed by atoms with Crippen LogP contribution in [0.15, 0.2) is 40.9 Å². The maximum Gasteiger partial charge on any atom is 0.142 e. The van der Waals surface area contributed by atoms with Crippen LogP contribution in [-0.2, 0) is 5.54 Å². The predicted molar refractivity (Wildman–Crippen MR) is 88.6 cm³/mol. The molecule has 0 aliphatic rings. The molecule has 0 amide bonds. The zero-order chi connectivity index (χ0) is 15.6. The van der Waals surface area contributed by atoms with Crippen molar-refractivity contribution in [2.24, 2.45) is 0 Å². The number of benzene rings is 2. The number of aliphatic hydroxyl groups excluding tert-OH is 1. The second-order valence-electron chi connectivity index (χ2n) is 4.84. The van der Waals surface area contributed by atoms with Gasteiger partial charge in [0.05, 0.1) is 17.2 Å². The standard InChI is InChI=1S/C15H13BrCl2FNO/c1-15(8-21,20-14-5-3-2-4-10(14)16)9-6-13(19)12(18)7-11(9)17/h2-7,20-21H,8H2,1H3. The van der Waals surface area contributed by atoms with Gasteiger partial charge in [-0.25, -0.2) is 4.39 Å². The normalized spacial score (nSPS) is 13.8. The minimum absolute atomic E-state index is 0.0510. The van der Waals surface area contributed by atoms with E-state index in [9.17, 15) is 9.50 Å². The van der Waals surface area contributed by atoms with E-state index in [-0.39, 0.29) is 16.7 Å². The van der Waals surface area contributed by atoms with Gasteiger partial charge in [0.15, 0.2) is 0 Å². The fourth-order valence-corrected chi connectivity index (χ4v) is 2.97. The molecule has 2 aromatic carbocycles. The summed E-state index contributed by atoms with van der Waals surface area (Å²) in [5.74, 6) is -0.579. The Bertz CT molecular complexity index is 668. The smallest absolute Gasteiger partial charge is 0.142 e. The lowest BCUT2D eigenvalue weighted by molar-refractivity contribution is 0.224. The van der Waals surface area contributed by atoms with Gasteiger partial charge in [0, 0.05) is 20.7 Å². The molecule has 0 bridgehead atoms. The average molecular weight is 393 g/mol. The summed E-state index contributed by atoms with van der Waals surface area (Å²) >= 11 is 15.3. The van der Waals surface area contributed by atoms with Gasteiger partial charge >= 0.3 is 0 Å². The van der Waals surface area contributed by atoms with Crippen LogP contribution in [0.1, 0.15) is 12.5 Å². The highest BCUT2D eigenvalue weighted by Gasteiger charge is 2.29. The van der Waals surface area contributed by atoms with Crippen LogP contribution in [0.2, 0.25) is 10.0 Å². The summed E-state index contributed by atoms with van der Waals surface area (Å²) in [5.41, 5.74) is 0.247. The van der Waals surface area contributed by atoms with E-state index in [4.69, 9.17) is 23.2 Å². The van der Waals surface area contributed by atoms with E-state index < -0.39 is 11.4 Å². The first-order chi connectivity index (χ1) is 9.87. The van der Waals surface area contributed by atoms with Crippen molar-refractivity contribution in [1.82, 2.24) is 0 Å². The lowest BCUT2D eigenvalue weighted by Gasteiger charge is -2.32. The molecule has 0 aliphatic heterocycles. The lowest BCUT2D eigenvalue weighted by Crippen LogP contribution is -2.36. The summed E-state index contributed by atoms with van der Waals surface area (Å²) in [6.07, 6.45) is 0. The molecule has 0 heterocycles. The number of nitrogens with one attached hydrogen (secondary N) is 1. The van der Waals surface area contributed by atoms with Crippen LogP contribution in [0.3, 0.4) is 0 Å². The zero-order valence-corrected chi connectivity index (χ0v) is 14.2. The Morgan fingerprint density at radius 1 is 1.24 bits per heavy atom. The molecule has 2 aromatic rings. The summed E-state index contributed by atoms with van der Waals surface area (Å²) in [6.45, 7) is 1.47. The van der Waals surface area contributed by atoms with Gasteiger partial charge in [0.1, 0.15) is 5.82 Å². The Kier molecular flexibility index (Phi) is 5.15. The van der Waals surface area contributed by atoms with Crippen molar-refractivity contribution in [3.05, 3.63) is 62.3 Å². The monoisotopic (exact) mass is 391 g/mol. The third-order valence-corrected chi connectivity index (χ3v) is 4.50. The number of rotatable bonds is 4. The summed E-state index contributed by atoms with van der Waals surface area (Å²) in [7, 11) is 0. The van der Waals surface area contributed by atoms with Gasteiger partial charge in [-0.05, 0) is 47.1 Å². The molecule has 1 atom stereocenters. The third-order valence-electron chi connectivity index (χ3n) is 3.21. The van der Waals surface area contributed by atoms with Crippen LogP contribution in [0.4, 0.5) is 10.1 Å². The van der Waals surface area contributed by atoms with Crippen molar-refractivity contribution in [3.63, 3.8) is 0 Å². The van der Waals surface area contributed by atoms with E-state index >= 15 is 0 Å². The molecule has 2 nitrogen and oxygen atoms in total. The van der Waals surface area contributed by atoms with Crippen molar-refractivity contribution in [3.8, 4) is 0 Å². The maximum absolute atomic E-state index is 13.7. The topological polar surface area (TPSA) is 32.3 Å². The van der Waals surface area contributed by atoms with Crippen LogP contribution < -0.4 is 5.32 Å². The Labute approximate surface area is 141 Å². The van der Waals surface area contributed by atoms with E-state index in [0.29, 0.717) is 5.56 Å². The van der Waals surface area contributed by atoms with E-state index in [2.05, 4.69) is 21.2 Å². The van der Waals surface area contributed by atoms with Crippen LogP contribution in [0.5, 0.6) is 0 Å². The minimum atomic E-state index is -0.952. The molecule has 112 valence electrons. The molecule has 2 N–H and O–H groups in total. The fraction of sp³-hybridized carbons (Fsp3) is 0.200. The van der Waals surface area contributed by atoms with Crippen molar-refractivity contribution < 1.29 is 9.50 Å². The number of anilines is 1. The molecular formula is C15H13BrCl2FNO. The Morgan fingerprint density at radius 2 is 1.90 bits per heavy atom. The van der Waals surface area contributed by atoms with Crippen molar-refractivity contribution in [2.45, 2.75) is 12.5 Å². The largest absolute Gasteiger partial charge is 0.394 e. The molecule has 0 spiro atoms. The number of halogens is 4. The second-order valence-corrected chi connectivity index (χ2v) is 6.51. The van der Waals surface area contributed by atoms with Crippen molar-refractivity contribution in [1.29, 1.82) is 0 Å². The Balaban J connectivity index is 2.47. The minimum Gasteiger partial charge on any atom is -0.394 e. The van der Waals surface area contributed by atoms with Crippen LogP contribution in [-0.4, -0.2) is 11.7 Å². The summed E-state index contributed by atoms with van der Waals surface area (Å²) in [6, 6.07) is 10.0. The number of hydrogen-bond acceptors (Lipinski definition) is 2. The molecule has 0 saturated carbocycles. The van der Waals surface area contributed by atoms with E-state index in [1.165, 1.54) is 12.1 Å². The van der Waals surface area contributed by atoms with Crippen LogP contribution >= 0.6 is 39.1 Å². The number of aliphatic hydroxyl groups is 1. The summed E-state index contributed by atoms with van der Waals surface area (Å²) in [4.78, 5) is 0. The third kappa shape index (κ3) is 3.51. The SMILES string of the molecule is CC(CO)(Nc1ccccc1Br)c1cc(F)c(Cl)cc1Cl. The van der Waals surface area contributed by atoms with E-state index in [0.717, 1.165) is 10.2 Å². The van der Waals surface area contributed by atoms with Gasteiger partial charge in [-0.15, -0.1) is 0 Å². The van der Waals surface area contributed by atoms with Gasteiger partial charge < -0.3 is 10.4 Å². The maximum atomic E-state index is 13.7. The summed E-state index contributed by atoms with van der Waals surface area (Å²) < 4.78 is 14.6. The first kappa shape index (κ1) is 16.6. The average Bonchev–Trinajstić information content (AvgIpc) is 2.45. The predicted octanol–water partition coefficient (Wildman–Crippen LogP) is 5.21. The number of para-hydroxylation sites is 1. The van der Waals surface area contributed by atoms with E-state index in [1.807, 2.05) is 24.3 Å². The molecule has 0 aliphatic carbocycles. The Hall–Kier alpha value is -0.810. The molecule has 0 aromatic heterocycles. The molecule has 0 radical (unpaired) electrons. The highest BCUT2D eigenvalue weighted by molar-refractivity contribution is 9.10. The lowest BCUT2D eigenvalue weighted by atomic mass is 9.92. The molecule has 1 unspecified atom stereocenters. The molecule has 21 heavy (non-hydrogen) atoms. The quantitative estimate of drug-likeness (QED) is 0.699. The van der Waals surface area contributed by atoms with Crippen molar-refractivity contribution in [2.75, 3.05) is 11.9 Å². The fourth-order valence-electron chi connectivity index (χ4n) is 2.00. The highest BCUT2D eigenvalue weighted by Crippen LogP contribution is 2.36. The van der Waals surface area contributed by atoms with Crippen molar-refractivity contribution >= 4 is 44.8 Å².